The van der Waals surface area contributed by atoms with Gasteiger partial charge in [-0.15, -0.1) is 0 Å². The van der Waals surface area contributed by atoms with E-state index in [0.29, 0.717) is 12.8 Å². The number of hydrogen-bond donors (Lipinski definition) is 2. The highest BCUT2D eigenvalue weighted by atomic mass is 19.1. The van der Waals surface area contributed by atoms with Crippen molar-refractivity contribution in [1.29, 1.82) is 0 Å². The molecule has 0 atom stereocenters. The number of rotatable bonds is 3. The van der Waals surface area contributed by atoms with E-state index in [1.807, 2.05) is 0 Å². The Bertz CT molecular complexity index is 456. The molecule has 1 saturated carbocycles. The number of amides is 1. The maximum atomic E-state index is 13.3. The lowest BCUT2D eigenvalue weighted by Gasteiger charge is -2.22. The van der Waals surface area contributed by atoms with E-state index in [1.165, 1.54) is 0 Å². The van der Waals surface area contributed by atoms with Crippen molar-refractivity contribution in [2.75, 3.05) is 6.54 Å². The molecule has 2 rings (SSSR count). The summed E-state index contributed by atoms with van der Waals surface area (Å²) in [5.74, 6) is -2.14. The van der Waals surface area contributed by atoms with E-state index in [0.717, 1.165) is 31.0 Å². The Balaban J connectivity index is 2.01. The minimum Gasteiger partial charge on any atom is -0.388 e. The second-order valence-corrected chi connectivity index (χ2v) is 4.74. The minimum atomic E-state index is -0.903. The van der Waals surface area contributed by atoms with Gasteiger partial charge in [0.05, 0.1) is 11.2 Å². The summed E-state index contributed by atoms with van der Waals surface area (Å²) in [6.07, 6.45) is 3.08. The highest BCUT2D eigenvalue weighted by molar-refractivity contribution is 5.94. The van der Waals surface area contributed by atoms with Gasteiger partial charge in [-0.25, -0.2) is 8.78 Å². The van der Waals surface area contributed by atoms with Gasteiger partial charge in [-0.3, -0.25) is 4.79 Å². The van der Waals surface area contributed by atoms with Gasteiger partial charge in [0, 0.05) is 6.54 Å². The molecule has 98 valence electrons. The summed E-state index contributed by atoms with van der Waals surface area (Å²) >= 11 is 0. The molecular formula is C13H15F2NO2. The molecule has 0 unspecified atom stereocenters. The monoisotopic (exact) mass is 255 g/mol. The molecule has 3 nitrogen and oxygen atoms in total. The quantitative estimate of drug-likeness (QED) is 0.868. The second kappa shape index (κ2) is 5.02. The predicted octanol–water partition coefficient (Wildman–Crippen LogP) is 2.00. The van der Waals surface area contributed by atoms with Crippen LogP contribution in [0.2, 0.25) is 0 Å². The molecule has 1 aliphatic rings. The van der Waals surface area contributed by atoms with E-state index < -0.39 is 23.1 Å². The maximum absolute atomic E-state index is 13.3. The molecule has 1 aliphatic carbocycles. The van der Waals surface area contributed by atoms with Crippen molar-refractivity contribution in [2.24, 2.45) is 0 Å². The highest BCUT2D eigenvalue weighted by Crippen LogP contribution is 2.28. The number of hydrogen-bond acceptors (Lipinski definition) is 2. The summed E-state index contributed by atoms with van der Waals surface area (Å²) in [6.45, 7) is 0.0712. The van der Waals surface area contributed by atoms with Gasteiger partial charge in [0.25, 0.3) is 5.91 Å². The Kier molecular flexibility index (Phi) is 3.61. The van der Waals surface area contributed by atoms with Crippen LogP contribution in [0.4, 0.5) is 8.78 Å². The van der Waals surface area contributed by atoms with Crippen molar-refractivity contribution in [1.82, 2.24) is 5.32 Å². The normalized spacial score (nSPS) is 17.7. The van der Waals surface area contributed by atoms with Crippen LogP contribution in [0.5, 0.6) is 0 Å². The lowest BCUT2D eigenvalue weighted by molar-refractivity contribution is 0.0448. The van der Waals surface area contributed by atoms with Crippen molar-refractivity contribution in [2.45, 2.75) is 31.3 Å². The van der Waals surface area contributed by atoms with E-state index in [-0.39, 0.29) is 12.1 Å². The van der Waals surface area contributed by atoms with Crippen molar-refractivity contribution in [3.05, 3.63) is 35.4 Å². The van der Waals surface area contributed by atoms with Crippen LogP contribution in [0, 0.1) is 11.6 Å². The molecule has 0 aliphatic heterocycles. The van der Waals surface area contributed by atoms with E-state index >= 15 is 0 Å². The number of aliphatic hydroxyl groups is 1. The van der Waals surface area contributed by atoms with E-state index in [1.54, 1.807) is 0 Å². The summed E-state index contributed by atoms with van der Waals surface area (Å²) < 4.78 is 26.3. The van der Waals surface area contributed by atoms with Gasteiger partial charge in [0.1, 0.15) is 11.6 Å². The molecule has 0 saturated heterocycles. The summed E-state index contributed by atoms with van der Waals surface area (Å²) in [7, 11) is 0. The largest absolute Gasteiger partial charge is 0.388 e. The van der Waals surface area contributed by atoms with Crippen molar-refractivity contribution >= 4 is 5.91 Å². The fourth-order valence-electron chi connectivity index (χ4n) is 2.22. The van der Waals surface area contributed by atoms with Crippen LogP contribution in [0.25, 0.3) is 0 Å². The van der Waals surface area contributed by atoms with Crippen LogP contribution in [0.15, 0.2) is 18.2 Å². The fraction of sp³-hybridized carbons (Fsp3) is 0.462. The van der Waals surface area contributed by atoms with Crippen molar-refractivity contribution < 1.29 is 18.7 Å². The smallest absolute Gasteiger partial charge is 0.254 e. The lowest BCUT2D eigenvalue weighted by Crippen LogP contribution is -2.41. The van der Waals surface area contributed by atoms with Gasteiger partial charge in [-0.2, -0.15) is 0 Å². The molecule has 0 heterocycles. The zero-order valence-electron chi connectivity index (χ0n) is 9.88. The molecule has 1 fully saturated rings. The number of carbonyl (C=O) groups is 1. The average molecular weight is 255 g/mol. The van der Waals surface area contributed by atoms with Gasteiger partial charge >= 0.3 is 0 Å². The second-order valence-electron chi connectivity index (χ2n) is 4.74. The molecule has 1 aromatic rings. The third-order valence-electron chi connectivity index (χ3n) is 3.29. The Morgan fingerprint density at radius 2 is 2.00 bits per heavy atom. The third kappa shape index (κ3) is 2.85. The minimum absolute atomic E-state index is 0.0712. The highest BCUT2D eigenvalue weighted by Gasteiger charge is 2.31. The van der Waals surface area contributed by atoms with Crippen LogP contribution in [0.3, 0.4) is 0 Å². The predicted molar refractivity (Wildman–Crippen MR) is 62.1 cm³/mol. The van der Waals surface area contributed by atoms with Gasteiger partial charge in [-0.05, 0) is 31.0 Å². The Labute approximate surface area is 104 Å². The van der Waals surface area contributed by atoms with E-state index in [4.69, 9.17) is 0 Å². The van der Waals surface area contributed by atoms with Crippen LogP contribution in [-0.4, -0.2) is 23.2 Å². The van der Waals surface area contributed by atoms with Crippen LogP contribution in [-0.2, 0) is 0 Å². The molecule has 0 spiro atoms. The third-order valence-corrected chi connectivity index (χ3v) is 3.29. The molecule has 2 N–H and O–H groups in total. The Hall–Kier alpha value is -1.49. The first-order valence-electron chi connectivity index (χ1n) is 5.96. The van der Waals surface area contributed by atoms with E-state index in [9.17, 15) is 18.7 Å². The van der Waals surface area contributed by atoms with Crippen LogP contribution in [0.1, 0.15) is 36.0 Å². The number of carbonyl (C=O) groups excluding carboxylic acids is 1. The van der Waals surface area contributed by atoms with Gasteiger partial charge in [-0.1, -0.05) is 12.8 Å². The summed E-state index contributed by atoms with van der Waals surface area (Å²) in [5.41, 5.74) is -1.24. The molecule has 1 aromatic carbocycles. The molecule has 5 heteroatoms. The first-order chi connectivity index (χ1) is 8.50. The zero-order chi connectivity index (χ0) is 13.2. The average Bonchev–Trinajstić information content (AvgIpc) is 2.77. The maximum Gasteiger partial charge on any atom is 0.254 e. The molecular weight excluding hydrogens is 240 g/mol. The standard InChI is InChI=1S/C13H15F2NO2/c14-9-3-4-11(15)10(7-9)12(17)16-8-13(18)5-1-2-6-13/h3-4,7,18H,1-2,5-6,8H2,(H,16,17). The Morgan fingerprint density at radius 1 is 1.33 bits per heavy atom. The first-order valence-corrected chi connectivity index (χ1v) is 5.96. The van der Waals surface area contributed by atoms with Crippen molar-refractivity contribution in [3.8, 4) is 0 Å². The molecule has 0 radical (unpaired) electrons. The first kappa shape index (κ1) is 13.0. The zero-order valence-corrected chi connectivity index (χ0v) is 9.88. The van der Waals surface area contributed by atoms with Gasteiger partial charge in [0.15, 0.2) is 0 Å². The molecule has 18 heavy (non-hydrogen) atoms. The van der Waals surface area contributed by atoms with Crippen LogP contribution < -0.4 is 5.32 Å². The topological polar surface area (TPSA) is 49.3 Å². The van der Waals surface area contributed by atoms with Gasteiger partial charge in [0.2, 0.25) is 0 Å². The molecule has 1 amide bonds. The fourth-order valence-corrected chi connectivity index (χ4v) is 2.22. The summed E-state index contributed by atoms with van der Waals surface area (Å²) in [5, 5.41) is 12.5. The van der Waals surface area contributed by atoms with Crippen LogP contribution >= 0.6 is 0 Å². The number of benzene rings is 1. The number of nitrogens with one attached hydrogen (secondary N) is 1. The summed E-state index contributed by atoms with van der Waals surface area (Å²) in [4.78, 5) is 11.7. The molecule has 0 aromatic heterocycles. The Morgan fingerprint density at radius 3 is 2.67 bits per heavy atom. The van der Waals surface area contributed by atoms with E-state index in [2.05, 4.69) is 5.32 Å². The lowest BCUT2D eigenvalue weighted by atomic mass is 10.0. The SMILES string of the molecule is O=C(NCC1(O)CCCC1)c1cc(F)ccc1F. The number of halogens is 2. The summed E-state index contributed by atoms with van der Waals surface area (Å²) in [6, 6.07) is 2.72. The molecule has 0 bridgehead atoms. The van der Waals surface area contributed by atoms with Crippen molar-refractivity contribution in [3.63, 3.8) is 0 Å². The van der Waals surface area contributed by atoms with Gasteiger partial charge < -0.3 is 10.4 Å².